The molecule has 0 unspecified atom stereocenters. The molecule has 0 aliphatic carbocycles. The standard InChI is InChI=1S/C13H11Cl2N3O/c1-8-2-3-9(6-16-8)7-17-13(19)12-10(14)4-5-11(15)18-12/h2-6H,7H2,1H3,(H,17,19). The van der Waals surface area contributed by atoms with Gasteiger partial charge in [0.05, 0.1) is 5.02 Å². The van der Waals surface area contributed by atoms with Crippen molar-refractivity contribution in [2.75, 3.05) is 0 Å². The molecule has 6 heteroatoms. The molecule has 1 amide bonds. The number of halogens is 2. The van der Waals surface area contributed by atoms with Crippen LogP contribution in [-0.2, 0) is 6.54 Å². The predicted octanol–water partition coefficient (Wildman–Crippen LogP) is 3.02. The molecule has 0 spiro atoms. The van der Waals surface area contributed by atoms with Crippen molar-refractivity contribution in [2.24, 2.45) is 0 Å². The van der Waals surface area contributed by atoms with Crippen LogP contribution in [-0.4, -0.2) is 15.9 Å². The molecular weight excluding hydrogens is 285 g/mol. The maximum Gasteiger partial charge on any atom is 0.271 e. The van der Waals surface area contributed by atoms with Crippen molar-refractivity contribution in [3.63, 3.8) is 0 Å². The van der Waals surface area contributed by atoms with Crippen LogP contribution in [0.25, 0.3) is 0 Å². The molecule has 0 aromatic carbocycles. The molecule has 0 radical (unpaired) electrons. The Morgan fingerprint density at radius 2 is 2.05 bits per heavy atom. The van der Waals surface area contributed by atoms with Gasteiger partial charge in [-0.15, -0.1) is 0 Å². The summed E-state index contributed by atoms with van der Waals surface area (Å²) in [6.07, 6.45) is 1.71. The van der Waals surface area contributed by atoms with Gasteiger partial charge >= 0.3 is 0 Å². The summed E-state index contributed by atoms with van der Waals surface area (Å²) in [6.45, 7) is 2.26. The molecular formula is C13H11Cl2N3O. The lowest BCUT2D eigenvalue weighted by Crippen LogP contribution is -2.24. The topological polar surface area (TPSA) is 54.9 Å². The summed E-state index contributed by atoms with van der Waals surface area (Å²) in [6, 6.07) is 6.85. The van der Waals surface area contributed by atoms with Gasteiger partial charge in [0.2, 0.25) is 0 Å². The first kappa shape index (κ1) is 13.8. The van der Waals surface area contributed by atoms with E-state index >= 15 is 0 Å². The molecule has 2 heterocycles. The number of aromatic nitrogens is 2. The molecule has 0 saturated carbocycles. The van der Waals surface area contributed by atoms with E-state index in [2.05, 4.69) is 15.3 Å². The third-order valence-corrected chi connectivity index (χ3v) is 2.97. The number of amides is 1. The van der Waals surface area contributed by atoms with Crippen LogP contribution in [0.2, 0.25) is 10.2 Å². The number of hydrogen-bond acceptors (Lipinski definition) is 3. The van der Waals surface area contributed by atoms with Gasteiger partial charge in [-0.3, -0.25) is 9.78 Å². The molecule has 0 bridgehead atoms. The molecule has 1 N–H and O–H groups in total. The predicted molar refractivity (Wildman–Crippen MR) is 74.4 cm³/mol. The Bertz CT molecular complexity index is 599. The summed E-state index contributed by atoms with van der Waals surface area (Å²) in [5, 5.41) is 3.21. The molecule has 0 saturated heterocycles. The molecule has 98 valence electrons. The third-order valence-electron chi connectivity index (χ3n) is 2.45. The van der Waals surface area contributed by atoms with Gasteiger partial charge in [-0.1, -0.05) is 29.3 Å². The van der Waals surface area contributed by atoms with E-state index in [9.17, 15) is 4.79 Å². The molecule has 19 heavy (non-hydrogen) atoms. The molecule has 0 atom stereocenters. The Hall–Kier alpha value is -1.65. The first-order valence-corrected chi connectivity index (χ1v) is 6.33. The van der Waals surface area contributed by atoms with Crippen molar-refractivity contribution in [1.29, 1.82) is 0 Å². The number of hydrogen-bond donors (Lipinski definition) is 1. The van der Waals surface area contributed by atoms with Crippen LogP contribution in [0.5, 0.6) is 0 Å². The Labute approximate surface area is 120 Å². The van der Waals surface area contributed by atoms with Crippen LogP contribution >= 0.6 is 23.2 Å². The zero-order chi connectivity index (χ0) is 13.8. The fourth-order valence-corrected chi connectivity index (χ4v) is 1.79. The highest BCUT2D eigenvalue weighted by atomic mass is 35.5. The highest BCUT2D eigenvalue weighted by molar-refractivity contribution is 6.34. The van der Waals surface area contributed by atoms with E-state index in [0.29, 0.717) is 6.54 Å². The molecule has 0 aliphatic heterocycles. The van der Waals surface area contributed by atoms with E-state index in [0.717, 1.165) is 11.3 Å². The van der Waals surface area contributed by atoms with Crippen molar-refractivity contribution in [2.45, 2.75) is 13.5 Å². The van der Waals surface area contributed by atoms with Crippen LogP contribution in [0.4, 0.5) is 0 Å². The summed E-state index contributed by atoms with van der Waals surface area (Å²) in [5.41, 5.74) is 1.95. The van der Waals surface area contributed by atoms with Gasteiger partial charge in [0.25, 0.3) is 5.91 Å². The molecule has 2 aromatic heterocycles. The minimum Gasteiger partial charge on any atom is -0.347 e. The Morgan fingerprint density at radius 3 is 2.74 bits per heavy atom. The van der Waals surface area contributed by atoms with Crippen LogP contribution in [0, 0.1) is 6.92 Å². The lowest BCUT2D eigenvalue weighted by Gasteiger charge is -2.06. The fraction of sp³-hybridized carbons (Fsp3) is 0.154. The Balaban J connectivity index is 2.05. The second-order valence-corrected chi connectivity index (χ2v) is 4.75. The van der Waals surface area contributed by atoms with Crippen molar-refractivity contribution in [3.8, 4) is 0 Å². The quantitative estimate of drug-likeness (QED) is 0.886. The van der Waals surface area contributed by atoms with E-state index in [4.69, 9.17) is 23.2 Å². The number of carbonyl (C=O) groups is 1. The summed E-state index contributed by atoms with van der Waals surface area (Å²) >= 11 is 11.6. The van der Waals surface area contributed by atoms with Gasteiger partial charge in [-0.25, -0.2) is 4.98 Å². The van der Waals surface area contributed by atoms with Gasteiger partial charge in [0.1, 0.15) is 10.8 Å². The average Bonchev–Trinajstić information content (AvgIpc) is 2.40. The van der Waals surface area contributed by atoms with Gasteiger partial charge < -0.3 is 5.32 Å². The van der Waals surface area contributed by atoms with E-state index < -0.39 is 0 Å². The summed E-state index contributed by atoms with van der Waals surface area (Å²) < 4.78 is 0. The monoisotopic (exact) mass is 295 g/mol. The highest BCUT2D eigenvalue weighted by Gasteiger charge is 2.12. The molecule has 0 aliphatic rings. The number of rotatable bonds is 3. The van der Waals surface area contributed by atoms with Crippen molar-refractivity contribution in [1.82, 2.24) is 15.3 Å². The van der Waals surface area contributed by atoms with Crippen LogP contribution < -0.4 is 5.32 Å². The van der Waals surface area contributed by atoms with Gasteiger partial charge in [-0.2, -0.15) is 0 Å². The van der Waals surface area contributed by atoms with Crippen molar-refractivity contribution in [3.05, 3.63) is 57.6 Å². The second-order valence-electron chi connectivity index (χ2n) is 3.95. The largest absolute Gasteiger partial charge is 0.347 e. The second kappa shape index (κ2) is 5.99. The Kier molecular flexibility index (Phi) is 4.35. The van der Waals surface area contributed by atoms with Crippen molar-refractivity contribution >= 4 is 29.1 Å². The van der Waals surface area contributed by atoms with Gasteiger partial charge in [0.15, 0.2) is 0 Å². The van der Waals surface area contributed by atoms with Crippen molar-refractivity contribution < 1.29 is 4.79 Å². The molecule has 4 nitrogen and oxygen atoms in total. The van der Waals surface area contributed by atoms with E-state index in [1.807, 2.05) is 19.1 Å². The maximum atomic E-state index is 11.9. The van der Waals surface area contributed by atoms with Gasteiger partial charge in [-0.05, 0) is 30.7 Å². The zero-order valence-corrected chi connectivity index (χ0v) is 11.7. The summed E-state index contributed by atoms with van der Waals surface area (Å²) in [7, 11) is 0. The van der Waals surface area contributed by atoms with Crippen LogP contribution in [0.1, 0.15) is 21.7 Å². The first-order valence-electron chi connectivity index (χ1n) is 5.58. The first-order chi connectivity index (χ1) is 9.06. The fourth-order valence-electron chi connectivity index (χ4n) is 1.45. The molecule has 2 rings (SSSR count). The smallest absolute Gasteiger partial charge is 0.271 e. The number of pyridine rings is 2. The SMILES string of the molecule is Cc1ccc(CNC(=O)c2nc(Cl)ccc2Cl)cn1. The number of aryl methyl sites for hydroxylation is 1. The zero-order valence-electron chi connectivity index (χ0n) is 10.2. The summed E-state index contributed by atoms with van der Waals surface area (Å²) in [4.78, 5) is 20.0. The van der Waals surface area contributed by atoms with Crippen LogP contribution in [0.15, 0.2) is 30.5 Å². The number of nitrogens with one attached hydrogen (secondary N) is 1. The van der Waals surface area contributed by atoms with Gasteiger partial charge in [0, 0.05) is 18.4 Å². The maximum absolute atomic E-state index is 11.9. The number of nitrogens with zero attached hydrogens (tertiary/aromatic N) is 2. The number of carbonyl (C=O) groups excluding carboxylic acids is 1. The third kappa shape index (κ3) is 3.66. The average molecular weight is 296 g/mol. The van der Waals surface area contributed by atoms with Crippen LogP contribution in [0.3, 0.4) is 0 Å². The van der Waals surface area contributed by atoms with E-state index in [-0.39, 0.29) is 21.8 Å². The summed E-state index contributed by atoms with van der Waals surface area (Å²) in [5.74, 6) is -0.368. The minimum absolute atomic E-state index is 0.120. The molecule has 0 fully saturated rings. The highest BCUT2D eigenvalue weighted by Crippen LogP contribution is 2.16. The Morgan fingerprint density at radius 1 is 1.26 bits per heavy atom. The van der Waals surface area contributed by atoms with E-state index in [1.54, 1.807) is 12.3 Å². The lowest BCUT2D eigenvalue weighted by molar-refractivity contribution is 0.0946. The molecule has 2 aromatic rings. The lowest BCUT2D eigenvalue weighted by atomic mass is 10.2. The normalized spacial score (nSPS) is 10.3. The minimum atomic E-state index is -0.368. The van der Waals surface area contributed by atoms with E-state index in [1.165, 1.54) is 6.07 Å².